The molecule has 2 rings (SSSR count). The fraction of sp³-hybridized carbons (Fsp3) is 0.273. The first-order valence-electron chi connectivity index (χ1n) is 4.85. The summed E-state index contributed by atoms with van der Waals surface area (Å²) in [6, 6.07) is 5.84. The molecule has 1 unspecified atom stereocenters. The Balaban J connectivity index is 2.03. The van der Waals surface area contributed by atoms with Crippen LogP contribution in [0.2, 0.25) is 0 Å². The van der Waals surface area contributed by atoms with Gasteiger partial charge in [0, 0.05) is 6.42 Å². The molecule has 16 heavy (non-hydrogen) atoms. The maximum Gasteiger partial charge on any atom is 0.332 e. The van der Waals surface area contributed by atoms with Gasteiger partial charge in [-0.3, -0.25) is 0 Å². The molecular formula is C11H11NO4. The fourth-order valence-corrected chi connectivity index (χ4v) is 1.44. The van der Waals surface area contributed by atoms with Gasteiger partial charge in [0.15, 0.2) is 11.9 Å². The van der Waals surface area contributed by atoms with Crippen molar-refractivity contribution in [1.82, 2.24) is 0 Å². The summed E-state index contributed by atoms with van der Waals surface area (Å²) >= 11 is 0. The second-order valence-electron chi connectivity index (χ2n) is 3.53. The number of carbonyl (C=O) groups is 1. The number of aromatic hydroxyl groups is 1. The number of aliphatic imine (C=N–C) groups is 1. The number of carboxylic acid groups (broad SMARTS) is 1. The molecule has 0 saturated heterocycles. The zero-order chi connectivity index (χ0) is 11.5. The quantitative estimate of drug-likeness (QED) is 0.791. The van der Waals surface area contributed by atoms with E-state index in [4.69, 9.17) is 14.9 Å². The number of hydrogen-bond acceptors (Lipinski definition) is 4. The van der Waals surface area contributed by atoms with Crippen LogP contribution < -0.4 is 0 Å². The molecule has 0 aliphatic carbocycles. The summed E-state index contributed by atoms with van der Waals surface area (Å²) < 4.78 is 5.17. The van der Waals surface area contributed by atoms with E-state index in [1.807, 2.05) is 0 Å². The van der Waals surface area contributed by atoms with Crippen molar-refractivity contribution in [2.24, 2.45) is 4.99 Å². The van der Waals surface area contributed by atoms with Crippen molar-refractivity contribution in [3.63, 3.8) is 0 Å². The van der Waals surface area contributed by atoms with Crippen molar-refractivity contribution in [2.75, 3.05) is 6.61 Å². The van der Waals surface area contributed by atoms with Crippen LogP contribution in [0.15, 0.2) is 29.3 Å². The van der Waals surface area contributed by atoms with E-state index < -0.39 is 12.0 Å². The van der Waals surface area contributed by atoms with Gasteiger partial charge in [0.2, 0.25) is 0 Å². The second-order valence-corrected chi connectivity index (χ2v) is 3.53. The Morgan fingerprint density at radius 3 is 2.69 bits per heavy atom. The molecule has 0 fully saturated rings. The van der Waals surface area contributed by atoms with Crippen LogP contribution in [0.5, 0.6) is 5.75 Å². The molecule has 5 heteroatoms. The topological polar surface area (TPSA) is 79.1 Å². The largest absolute Gasteiger partial charge is 0.508 e. The van der Waals surface area contributed by atoms with E-state index in [0.717, 1.165) is 5.56 Å². The highest BCUT2D eigenvalue weighted by Crippen LogP contribution is 2.13. The average molecular weight is 221 g/mol. The highest BCUT2D eigenvalue weighted by molar-refractivity contribution is 5.86. The molecule has 1 aromatic carbocycles. The van der Waals surface area contributed by atoms with Crippen LogP contribution in [0.4, 0.5) is 0 Å². The summed E-state index contributed by atoms with van der Waals surface area (Å²) in [6.45, 7) is 0.1000. The summed E-state index contributed by atoms with van der Waals surface area (Å²) in [7, 11) is 0. The molecule has 84 valence electrons. The van der Waals surface area contributed by atoms with Gasteiger partial charge in [0.05, 0.1) is 0 Å². The van der Waals surface area contributed by atoms with E-state index in [1.165, 1.54) is 0 Å². The summed E-state index contributed by atoms with van der Waals surface area (Å²) in [4.78, 5) is 14.6. The van der Waals surface area contributed by atoms with Crippen LogP contribution in [-0.2, 0) is 16.0 Å². The van der Waals surface area contributed by atoms with E-state index >= 15 is 0 Å². The van der Waals surface area contributed by atoms with Crippen molar-refractivity contribution >= 4 is 11.9 Å². The van der Waals surface area contributed by atoms with E-state index in [9.17, 15) is 4.79 Å². The maximum absolute atomic E-state index is 10.6. The van der Waals surface area contributed by atoms with E-state index in [-0.39, 0.29) is 12.4 Å². The van der Waals surface area contributed by atoms with Crippen molar-refractivity contribution < 1.29 is 19.7 Å². The Kier molecular flexibility index (Phi) is 2.76. The molecule has 5 nitrogen and oxygen atoms in total. The normalized spacial score (nSPS) is 19.0. The zero-order valence-corrected chi connectivity index (χ0v) is 8.46. The molecule has 1 aromatic rings. The number of phenols is 1. The third-order valence-corrected chi connectivity index (χ3v) is 2.28. The Morgan fingerprint density at radius 2 is 2.12 bits per heavy atom. The Hall–Kier alpha value is -2.04. The lowest BCUT2D eigenvalue weighted by molar-refractivity contribution is -0.138. The molecule has 0 bridgehead atoms. The minimum atomic E-state index is -0.972. The van der Waals surface area contributed by atoms with Gasteiger partial charge in [0.25, 0.3) is 0 Å². The number of benzene rings is 1. The number of carboxylic acids is 1. The minimum Gasteiger partial charge on any atom is -0.508 e. The summed E-state index contributed by atoms with van der Waals surface area (Å²) in [5.41, 5.74) is 0.919. The van der Waals surface area contributed by atoms with E-state index in [2.05, 4.69) is 4.99 Å². The van der Waals surface area contributed by atoms with Crippen LogP contribution in [0, 0.1) is 0 Å². The van der Waals surface area contributed by atoms with Crippen molar-refractivity contribution in [3.05, 3.63) is 29.8 Å². The van der Waals surface area contributed by atoms with Gasteiger partial charge in [-0.25, -0.2) is 9.79 Å². The fourth-order valence-electron chi connectivity index (χ4n) is 1.44. The molecule has 2 N–H and O–H groups in total. The number of aliphatic carboxylic acids is 1. The molecule has 0 aromatic heterocycles. The number of rotatable bonds is 3. The third-order valence-electron chi connectivity index (χ3n) is 2.28. The average Bonchev–Trinajstić information content (AvgIpc) is 2.70. The maximum atomic E-state index is 10.6. The van der Waals surface area contributed by atoms with Crippen LogP contribution in [0.25, 0.3) is 0 Å². The van der Waals surface area contributed by atoms with Gasteiger partial charge in [-0.2, -0.15) is 0 Å². The molecular weight excluding hydrogens is 210 g/mol. The van der Waals surface area contributed by atoms with Gasteiger partial charge in [0.1, 0.15) is 12.4 Å². The van der Waals surface area contributed by atoms with Crippen molar-refractivity contribution in [1.29, 1.82) is 0 Å². The Morgan fingerprint density at radius 1 is 1.44 bits per heavy atom. The van der Waals surface area contributed by atoms with Crippen LogP contribution >= 0.6 is 0 Å². The summed E-state index contributed by atoms with van der Waals surface area (Å²) in [6.07, 6.45) is 0.448. The monoisotopic (exact) mass is 221 g/mol. The second kappa shape index (κ2) is 4.22. The Labute approximate surface area is 92.0 Å². The van der Waals surface area contributed by atoms with Crippen LogP contribution in [0.3, 0.4) is 0 Å². The highest BCUT2D eigenvalue weighted by Gasteiger charge is 2.24. The first-order chi connectivity index (χ1) is 7.65. The number of hydrogen-bond donors (Lipinski definition) is 2. The molecule has 1 atom stereocenters. The molecule has 0 amide bonds. The number of phenolic OH excluding ortho intramolecular Hbond substituents is 1. The lowest BCUT2D eigenvalue weighted by atomic mass is 10.1. The molecule has 1 aliphatic rings. The molecule has 0 saturated carbocycles. The lowest BCUT2D eigenvalue weighted by Crippen LogP contribution is -2.18. The predicted molar refractivity (Wildman–Crippen MR) is 56.6 cm³/mol. The van der Waals surface area contributed by atoms with Crippen molar-refractivity contribution in [2.45, 2.75) is 12.5 Å². The van der Waals surface area contributed by atoms with E-state index in [1.54, 1.807) is 24.3 Å². The van der Waals surface area contributed by atoms with Gasteiger partial charge in [-0.15, -0.1) is 0 Å². The lowest BCUT2D eigenvalue weighted by Gasteiger charge is -2.01. The number of nitrogens with zero attached hydrogens (tertiary/aromatic N) is 1. The zero-order valence-electron chi connectivity index (χ0n) is 8.46. The third kappa shape index (κ3) is 2.31. The van der Waals surface area contributed by atoms with Gasteiger partial charge in [-0.1, -0.05) is 12.1 Å². The highest BCUT2D eigenvalue weighted by atomic mass is 16.5. The van der Waals surface area contributed by atoms with Gasteiger partial charge >= 0.3 is 5.97 Å². The standard InChI is InChI=1S/C11H11NO4/c13-8-3-1-7(2-4-8)5-10-12-9(6-16-10)11(14)15/h1-4,9,13H,5-6H2,(H,14,15). The molecule has 1 heterocycles. The summed E-state index contributed by atoms with van der Waals surface area (Å²) in [5, 5.41) is 17.8. The molecule has 0 spiro atoms. The van der Waals surface area contributed by atoms with Gasteiger partial charge in [-0.05, 0) is 17.7 Å². The SMILES string of the molecule is O=C(O)C1COC(Cc2ccc(O)cc2)=N1. The van der Waals surface area contributed by atoms with Crippen LogP contribution in [-0.4, -0.2) is 34.7 Å². The molecule has 0 radical (unpaired) electrons. The smallest absolute Gasteiger partial charge is 0.332 e. The van der Waals surface area contributed by atoms with Crippen LogP contribution in [0.1, 0.15) is 5.56 Å². The first kappa shape index (κ1) is 10.5. The molecule has 1 aliphatic heterocycles. The first-order valence-corrected chi connectivity index (χ1v) is 4.85. The van der Waals surface area contributed by atoms with Gasteiger partial charge < -0.3 is 14.9 Å². The van der Waals surface area contributed by atoms with Crippen molar-refractivity contribution in [3.8, 4) is 5.75 Å². The Bertz CT molecular complexity index is 424. The predicted octanol–water partition coefficient (Wildman–Crippen LogP) is 0.817. The number of ether oxygens (including phenoxy) is 1. The summed E-state index contributed by atoms with van der Waals surface area (Å²) in [5.74, 6) is -0.347. The van der Waals surface area contributed by atoms with E-state index in [0.29, 0.717) is 12.3 Å². The minimum absolute atomic E-state index is 0.1000.